The van der Waals surface area contributed by atoms with Crippen molar-refractivity contribution < 1.29 is 5.89 Å². The Hall–Kier alpha value is 1.21. The van der Waals surface area contributed by atoms with Gasteiger partial charge in [-0.2, -0.15) is 0 Å². The maximum atomic E-state index is 7.07. The zero-order valence-corrected chi connectivity index (χ0v) is 7.16. The second kappa shape index (κ2) is 7.21. The van der Waals surface area contributed by atoms with Crippen LogP contribution >= 0.6 is 26.8 Å². The van der Waals surface area contributed by atoms with Gasteiger partial charge in [-0.15, -0.1) is 0 Å². The zero-order valence-electron chi connectivity index (χ0n) is 4.85. The first-order valence-corrected chi connectivity index (χ1v) is 5.07. The normalized spacial score (nSPS) is 17.7. The van der Waals surface area contributed by atoms with E-state index >= 15 is 0 Å². The molecule has 0 aliphatic rings. The second-order valence-electron chi connectivity index (χ2n) is 0.811. The van der Waals surface area contributed by atoms with Gasteiger partial charge in [0.25, 0.3) is 0 Å². The molecule has 0 aliphatic carbocycles. The van der Waals surface area contributed by atoms with E-state index in [9.17, 15) is 0 Å². The van der Waals surface area contributed by atoms with Crippen molar-refractivity contribution in [3.8, 4) is 0 Å². The highest BCUT2D eigenvalue weighted by Crippen LogP contribution is 2.19. The van der Waals surface area contributed by atoms with Crippen molar-refractivity contribution in [2.45, 2.75) is 0 Å². The Morgan fingerprint density at radius 3 is 3.14 bits per heavy atom. The molecule has 2 nitrogen and oxygen atoms in total. The smallest absolute Gasteiger partial charge is 0.0637 e. The highest BCUT2D eigenvalue weighted by molar-refractivity contribution is 8.00. The first-order chi connectivity index (χ1) is 3.81. The summed E-state index contributed by atoms with van der Waals surface area (Å²) in [6.07, 6.45) is 0. The van der Waals surface area contributed by atoms with Crippen LogP contribution in [0.25, 0.3) is 0 Å². The predicted molar refractivity (Wildman–Crippen MR) is 41.7 cm³/mol. The minimum atomic E-state index is -0.427. The van der Waals surface area contributed by atoms with Gasteiger partial charge in [0.15, 0.2) is 0 Å². The molecule has 0 amide bonds. The van der Waals surface area contributed by atoms with E-state index in [1.807, 2.05) is 0 Å². The van der Waals surface area contributed by atoms with Crippen LogP contribution in [0.4, 0.5) is 0 Å². The molecule has 0 heterocycles. The van der Waals surface area contributed by atoms with Crippen molar-refractivity contribution in [1.29, 1.82) is 0 Å². The summed E-state index contributed by atoms with van der Waals surface area (Å²) in [5.41, 5.74) is 0. The molecule has 0 radical (unpaired) electrons. The largest absolute Gasteiger partial charge is 0.357 e. The summed E-state index contributed by atoms with van der Waals surface area (Å²) in [6.45, 7) is 0.134. The average Bonchev–Trinajstić information content (AvgIpc) is 1.68. The van der Waals surface area contributed by atoms with Crippen molar-refractivity contribution in [2.75, 3.05) is 13.1 Å². The van der Waals surface area contributed by atoms with E-state index < -0.39 is 6.58 Å². The molecule has 7 heavy (non-hydrogen) atoms. The molecule has 0 aliphatic heterocycles. The lowest BCUT2D eigenvalue weighted by Crippen LogP contribution is -2.04. The molecular formula is C2H10NOP3. The molecule has 0 aromatic heterocycles. The molecule has 5 heteroatoms. The van der Waals surface area contributed by atoms with Gasteiger partial charge in [0.2, 0.25) is 0 Å². The van der Waals surface area contributed by atoms with Crippen molar-refractivity contribution in [3.63, 3.8) is 0 Å². The Balaban J connectivity index is 2.92. The number of hydrogen-bond acceptors (Lipinski definition) is 2. The summed E-state index contributed by atoms with van der Waals surface area (Å²) in [5.74, 6) is 0. The first kappa shape index (κ1) is 6.33. The zero-order chi connectivity index (χ0) is 6.41. The number of rotatable bonds is 4. The number of nitrogens with one attached hydrogen (secondary N) is 1. The molecule has 0 fully saturated rings. The molecule has 0 spiro atoms. The molecule has 0 saturated carbocycles. The van der Waals surface area contributed by atoms with Gasteiger partial charge < -0.3 is 4.52 Å². The fourth-order valence-electron chi connectivity index (χ4n) is 0.138. The van der Waals surface area contributed by atoms with Crippen LogP contribution in [0.1, 0.15) is 1.37 Å². The van der Waals surface area contributed by atoms with Crippen LogP contribution in [-0.2, 0) is 4.52 Å². The average molecular weight is 158 g/mol. The summed E-state index contributed by atoms with van der Waals surface area (Å²) >= 11 is 0. The summed E-state index contributed by atoms with van der Waals surface area (Å²) in [6, 6.07) is 0. The lowest BCUT2D eigenvalue weighted by atomic mass is 10.8. The fraction of sp³-hybridized carbons (Fsp3) is 1.00. The quantitative estimate of drug-likeness (QED) is 0.610. The Morgan fingerprint density at radius 1 is 2.00 bits per heavy atom. The van der Waals surface area contributed by atoms with Crippen LogP contribution in [0.2, 0.25) is 0 Å². The highest BCUT2D eigenvalue weighted by atomic mass is 32.0. The molecule has 4 atom stereocenters. The predicted octanol–water partition coefficient (Wildman–Crippen LogP) is 0.766. The van der Waals surface area contributed by atoms with Gasteiger partial charge in [0.1, 0.15) is 0 Å². The van der Waals surface area contributed by atoms with Crippen LogP contribution < -0.4 is 5.09 Å². The molecule has 0 rings (SSSR count). The van der Waals surface area contributed by atoms with Gasteiger partial charge in [-0.1, -0.05) is 18.3 Å². The molecular weight excluding hydrogens is 147 g/mol. The van der Waals surface area contributed by atoms with E-state index in [2.05, 4.69) is 23.4 Å². The Labute approximate surface area is 51.8 Å². The Kier molecular flexibility index (Phi) is 6.52. The molecule has 3 unspecified atom stereocenters. The third-order valence-corrected chi connectivity index (χ3v) is 1.30. The highest BCUT2D eigenvalue weighted by Gasteiger charge is 1.77. The molecule has 1 N–H and O–H groups in total. The first-order valence-electron chi connectivity index (χ1n) is 2.36. The standard InChI is InChI=1S/C2H10NOP3/c5-3-1-2-4-7-6/h3,7H,1-2,5-6H2/i2D/t2-/m0/s1. The SMILES string of the molecule is [2H][C@@H](CNP)OPP. The van der Waals surface area contributed by atoms with Gasteiger partial charge in [-0.3, -0.25) is 5.09 Å². The molecule has 0 aromatic rings. The molecule has 44 valence electrons. The molecule has 0 saturated heterocycles. The monoisotopic (exact) mass is 158 g/mol. The maximum absolute atomic E-state index is 7.07. The van der Waals surface area contributed by atoms with Crippen LogP contribution in [0.15, 0.2) is 0 Å². The van der Waals surface area contributed by atoms with E-state index in [1.54, 1.807) is 0 Å². The summed E-state index contributed by atoms with van der Waals surface area (Å²) in [5, 5.41) is 2.75. The maximum Gasteiger partial charge on any atom is 0.0637 e. The van der Waals surface area contributed by atoms with Crippen LogP contribution in [0.3, 0.4) is 0 Å². The fourth-order valence-corrected chi connectivity index (χ4v) is 0.702. The van der Waals surface area contributed by atoms with Gasteiger partial charge in [0.05, 0.1) is 7.95 Å². The topological polar surface area (TPSA) is 21.3 Å². The second-order valence-corrected chi connectivity index (χ2v) is 2.40. The minimum Gasteiger partial charge on any atom is -0.357 e. The number of hydrogen-bond donors (Lipinski definition) is 1. The van der Waals surface area contributed by atoms with Gasteiger partial charge >= 0.3 is 0 Å². The van der Waals surface area contributed by atoms with E-state index in [-0.39, 0.29) is 0 Å². The van der Waals surface area contributed by atoms with Gasteiger partial charge in [-0.25, -0.2) is 0 Å². The third-order valence-electron chi connectivity index (χ3n) is 0.353. The Bertz CT molecular complexity index is 50.5. The summed E-state index contributed by atoms with van der Waals surface area (Å²) in [7, 11) is 5.07. The van der Waals surface area contributed by atoms with E-state index in [0.717, 1.165) is 0 Å². The Morgan fingerprint density at radius 2 is 2.71 bits per heavy atom. The third kappa shape index (κ3) is 7.21. The van der Waals surface area contributed by atoms with Crippen molar-refractivity contribution in [2.24, 2.45) is 0 Å². The van der Waals surface area contributed by atoms with E-state index in [4.69, 9.17) is 5.89 Å². The molecule has 0 aromatic carbocycles. The van der Waals surface area contributed by atoms with Gasteiger partial charge in [0, 0.05) is 15.0 Å². The van der Waals surface area contributed by atoms with E-state index in [0.29, 0.717) is 15.0 Å². The van der Waals surface area contributed by atoms with Crippen molar-refractivity contribution in [3.05, 3.63) is 0 Å². The van der Waals surface area contributed by atoms with Crippen LogP contribution in [0, 0.1) is 0 Å². The van der Waals surface area contributed by atoms with Gasteiger partial charge in [-0.05, 0) is 0 Å². The summed E-state index contributed by atoms with van der Waals surface area (Å²) < 4.78 is 11.9. The lowest BCUT2D eigenvalue weighted by Gasteiger charge is -1.95. The summed E-state index contributed by atoms with van der Waals surface area (Å²) in [4.78, 5) is 0. The minimum absolute atomic E-state index is 0.328. The van der Waals surface area contributed by atoms with Crippen molar-refractivity contribution >= 4 is 26.8 Å². The lowest BCUT2D eigenvalue weighted by molar-refractivity contribution is 0.377. The van der Waals surface area contributed by atoms with Crippen molar-refractivity contribution in [1.82, 2.24) is 5.09 Å². The van der Waals surface area contributed by atoms with Crippen LogP contribution in [-0.4, -0.2) is 13.1 Å². The van der Waals surface area contributed by atoms with E-state index in [1.165, 1.54) is 0 Å². The molecule has 0 bridgehead atoms. The van der Waals surface area contributed by atoms with Crippen LogP contribution in [0.5, 0.6) is 0 Å².